The molecule has 4 heteroatoms. The van der Waals surface area contributed by atoms with Gasteiger partial charge in [0.25, 0.3) is 5.91 Å². The number of phenols is 1. The molecule has 1 amide bonds. The Bertz CT molecular complexity index is 1180. The first-order chi connectivity index (χ1) is 13.6. The average Bonchev–Trinajstić information content (AvgIpc) is 3.27. The van der Waals surface area contributed by atoms with Crippen molar-refractivity contribution in [2.24, 2.45) is 0 Å². The van der Waals surface area contributed by atoms with E-state index in [1.54, 1.807) is 6.07 Å². The monoisotopic (exact) mass is 368 g/mol. The van der Waals surface area contributed by atoms with Crippen molar-refractivity contribution in [1.29, 1.82) is 0 Å². The van der Waals surface area contributed by atoms with E-state index in [0.29, 0.717) is 6.54 Å². The van der Waals surface area contributed by atoms with Gasteiger partial charge in [0.15, 0.2) is 0 Å². The van der Waals surface area contributed by atoms with E-state index in [1.807, 2.05) is 72.5 Å². The number of aromatic nitrogens is 1. The van der Waals surface area contributed by atoms with Gasteiger partial charge in [-0.3, -0.25) is 4.79 Å². The first-order valence-electron chi connectivity index (χ1n) is 9.38. The third-order valence-electron chi connectivity index (χ3n) is 5.48. The van der Waals surface area contributed by atoms with Gasteiger partial charge in [0.1, 0.15) is 11.8 Å². The molecule has 2 N–H and O–H groups in total. The number of hydrogen-bond acceptors (Lipinski definition) is 2. The molecular weight excluding hydrogens is 348 g/mol. The van der Waals surface area contributed by atoms with E-state index in [2.05, 4.69) is 11.1 Å². The second-order valence-corrected chi connectivity index (χ2v) is 7.37. The van der Waals surface area contributed by atoms with Crippen molar-refractivity contribution >= 4 is 16.8 Å². The van der Waals surface area contributed by atoms with Gasteiger partial charge in [0.2, 0.25) is 0 Å². The summed E-state index contributed by atoms with van der Waals surface area (Å²) in [5, 5.41) is 11.7. The third kappa shape index (κ3) is 2.57. The number of aryl methyl sites for hydroxylation is 1. The lowest BCUT2D eigenvalue weighted by Crippen LogP contribution is -2.30. The number of nitrogens with one attached hydrogen (secondary N) is 1. The Hall–Kier alpha value is -3.53. The molecule has 0 aliphatic carbocycles. The highest BCUT2D eigenvalue weighted by atomic mass is 16.3. The van der Waals surface area contributed by atoms with E-state index in [1.165, 1.54) is 0 Å². The van der Waals surface area contributed by atoms with Gasteiger partial charge in [-0.1, -0.05) is 48.0 Å². The van der Waals surface area contributed by atoms with Crippen molar-refractivity contribution in [1.82, 2.24) is 9.88 Å². The Kier molecular flexibility index (Phi) is 3.72. The summed E-state index contributed by atoms with van der Waals surface area (Å²) >= 11 is 0. The summed E-state index contributed by atoms with van der Waals surface area (Å²) < 4.78 is 0. The smallest absolute Gasteiger partial charge is 0.255 e. The Labute approximate surface area is 163 Å². The van der Waals surface area contributed by atoms with E-state index >= 15 is 0 Å². The number of rotatable bonds is 3. The zero-order valence-electron chi connectivity index (χ0n) is 15.5. The van der Waals surface area contributed by atoms with Crippen LogP contribution in [-0.4, -0.2) is 20.9 Å². The highest BCUT2D eigenvalue weighted by Gasteiger charge is 2.36. The summed E-state index contributed by atoms with van der Waals surface area (Å²) in [6, 6.07) is 23.0. The molecule has 3 aromatic carbocycles. The normalized spacial score (nSPS) is 14.5. The van der Waals surface area contributed by atoms with E-state index in [-0.39, 0.29) is 11.7 Å². The molecule has 0 saturated heterocycles. The topological polar surface area (TPSA) is 56.3 Å². The van der Waals surface area contributed by atoms with Crippen LogP contribution in [0.25, 0.3) is 10.9 Å². The molecule has 1 aliphatic rings. The quantitative estimate of drug-likeness (QED) is 0.539. The van der Waals surface area contributed by atoms with Crippen LogP contribution in [0.4, 0.5) is 0 Å². The molecule has 1 unspecified atom stereocenters. The van der Waals surface area contributed by atoms with Gasteiger partial charge in [0.05, 0.1) is 0 Å². The van der Waals surface area contributed by atoms with Crippen LogP contribution < -0.4 is 0 Å². The van der Waals surface area contributed by atoms with Crippen LogP contribution in [0.15, 0.2) is 72.8 Å². The molecule has 0 bridgehead atoms. The number of aromatic hydroxyl groups is 1. The summed E-state index contributed by atoms with van der Waals surface area (Å²) in [4.78, 5) is 18.5. The summed E-state index contributed by atoms with van der Waals surface area (Å²) in [6.07, 6.45) is 0. The SMILES string of the molecule is Cc1ccc(O)c(C(c2cc3ccccc3[nH]2)N2Cc3ccccc3C2=O)c1. The van der Waals surface area contributed by atoms with Crippen molar-refractivity contribution in [3.63, 3.8) is 0 Å². The summed E-state index contributed by atoms with van der Waals surface area (Å²) in [5.74, 6) is 0.179. The van der Waals surface area contributed by atoms with Crippen LogP contribution in [0, 0.1) is 6.92 Å². The van der Waals surface area contributed by atoms with Crippen LogP contribution >= 0.6 is 0 Å². The zero-order chi connectivity index (χ0) is 19.3. The Morgan fingerprint density at radius 1 is 1.00 bits per heavy atom. The fraction of sp³-hybridized carbons (Fsp3) is 0.125. The maximum Gasteiger partial charge on any atom is 0.255 e. The van der Waals surface area contributed by atoms with Crippen LogP contribution in [0.1, 0.15) is 38.8 Å². The molecule has 0 saturated carbocycles. The van der Waals surface area contributed by atoms with E-state index in [9.17, 15) is 9.90 Å². The molecule has 1 aromatic heterocycles. The average molecular weight is 368 g/mol. The Balaban J connectivity index is 1.69. The van der Waals surface area contributed by atoms with Crippen molar-refractivity contribution in [2.45, 2.75) is 19.5 Å². The zero-order valence-corrected chi connectivity index (χ0v) is 15.5. The second kappa shape index (κ2) is 6.27. The van der Waals surface area contributed by atoms with Gasteiger partial charge in [-0.15, -0.1) is 0 Å². The van der Waals surface area contributed by atoms with E-state index in [0.717, 1.165) is 38.9 Å². The van der Waals surface area contributed by atoms with Gasteiger partial charge in [-0.05, 0) is 48.2 Å². The predicted octanol–water partition coefficient (Wildman–Crippen LogP) is 4.93. The number of nitrogens with zero attached hydrogens (tertiary/aromatic N) is 1. The molecule has 4 nitrogen and oxygen atoms in total. The van der Waals surface area contributed by atoms with Gasteiger partial charge < -0.3 is 15.0 Å². The highest BCUT2D eigenvalue weighted by molar-refractivity contribution is 5.99. The molecule has 1 atom stereocenters. The van der Waals surface area contributed by atoms with Gasteiger partial charge in [0, 0.05) is 28.9 Å². The first kappa shape index (κ1) is 16.6. The first-order valence-corrected chi connectivity index (χ1v) is 9.38. The number of para-hydroxylation sites is 1. The van der Waals surface area contributed by atoms with Crippen molar-refractivity contribution in [2.75, 3.05) is 0 Å². The lowest BCUT2D eigenvalue weighted by atomic mass is 9.98. The number of benzene rings is 3. The second-order valence-electron chi connectivity index (χ2n) is 7.37. The number of fused-ring (bicyclic) bond motifs is 2. The van der Waals surface area contributed by atoms with Crippen LogP contribution in [-0.2, 0) is 6.54 Å². The Morgan fingerprint density at radius 2 is 1.79 bits per heavy atom. The number of hydrogen-bond donors (Lipinski definition) is 2. The summed E-state index contributed by atoms with van der Waals surface area (Å²) in [5.41, 5.74) is 5.42. The van der Waals surface area contributed by atoms with Crippen molar-refractivity contribution in [3.8, 4) is 5.75 Å². The number of aromatic amines is 1. The van der Waals surface area contributed by atoms with Gasteiger partial charge in [-0.25, -0.2) is 0 Å². The molecule has 0 radical (unpaired) electrons. The van der Waals surface area contributed by atoms with Crippen LogP contribution in [0.5, 0.6) is 5.75 Å². The van der Waals surface area contributed by atoms with Gasteiger partial charge in [-0.2, -0.15) is 0 Å². The largest absolute Gasteiger partial charge is 0.508 e. The minimum Gasteiger partial charge on any atom is -0.508 e. The summed E-state index contributed by atoms with van der Waals surface area (Å²) in [6.45, 7) is 2.51. The molecule has 0 fully saturated rings. The summed E-state index contributed by atoms with van der Waals surface area (Å²) in [7, 11) is 0. The molecule has 28 heavy (non-hydrogen) atoms. The molecule has 4 aromatic rings. The minimum absolute atomic E-state index is 0.0137. The standard InChI is InChI=1S/C24H20N2O2/c1-15-10-11-22(27)19(12-15)23(21-13-16-6-3-5-9-20(16)25-21)26-14-17-7-2-4-8-18(17)24(26)28/h2-13,23,25,27H,14H2,1H3. The number of carbonyl (C=O) groups excluding carboxylic acids is 1. The van der Waals surface area contributed by atoms with E-state index in [4.69, 9.17) is 0 Å². The number of amides is 1. The number of phenolic OH excluding ortho intramolecular Hbond substituents is 1. The molecular formula is C24H20N2O2. The lowest BCUT2D eigenvalue weighted by molar-refractivity contribution is 0.0727. The maximum absolute atomic E-state index is 13.2. The van der Waals surface area contributed by atoms with Gasteiger partial charge >= 0.3 is 0 Å². The van der Waals surface area contributed by atoms with Crippen LogP contribution in [0.2, 0.25) is 0 Å². The lowest BCUT2D eigenvalue weighted by Gasteiger charge is -2.28. The Morgan fingerprint density at radius 3 is 2.61 bits per heavy atom. The molecule has 2 heterocycles. The predicted molar refractivity (Wildman–Crippen MR) is 109 cm³/mol. The maximum atomic E-state index is 13.2. The highest BCUT2D eigenvalue weighted by Crippen LogP contribution is 2.40. The molecule has 0 spiro atoms. The number of carbonyl (C=O) groups is 1. The molecule has 1 aliphatic heterocycles. The van der Waals surface area contributed by atoms with Crippen molar-refractivity contribution in [3.05, 3.63) is 101 Å². The van der Waals surface area contributed by atoms with Crippen LogP contribution in [0.3, 0.4) is 0 Å². The minimum atomic E-state index is -0.396. The van der Waals surface area contributed by atoms with Crippen molar-refractivity contribution < 1.29 is 9.90 Å². The third-order valence-corrected chi connectivity index (χ3v) is 5.48. The van der Waals surface area contributed by atoms with E-state index < -0.39 is 6.04 Å². The molecule has 138 valence electrons. The fourth-order valence-electron chi connectivity index (χ4n) is 4.12. The number of H-pyrrole nitrogens is 1. The fourth-order valence-corrected chi connectivity index (χ4v) is 4.12. The molecule has 5 rings (SSSR count).